The molecule has 0 radical (unpaired) electrons. The summed E-state index contributed by atoms with van der Waals surface area (Å²) in [4.78, 5) is 2.09. The van der Waals surface area contributed by atoms with Crippen molar-refractivity contribution in [2.45, 2.75) is 53.6 Å². The molecule has 0 N–H and O–H groups in total. The van der Waals surface area contributed by atoms with Crippen molar-refractivity contribution in [1.82, 2.24) is 0 Å². The minimum atomic E-state index is -0.424. The maximum Gasteiger partial charge on any atom is 0.138 e. The van der Waals surface area contributed by atoms with Gasteiger partial charge in [0.2, 0.25) is 0 Å². The average molecular weight is 449 g/mol. The lowest BCUT2D eigenvalue weighted by Gasteiger charge is -2.27. The molecule has 4 heteroatoms. The van der Waals surface area contributed by atoms with E-state index in [0.29, 0.717) is 17.9 Å². The summed E-state index contributed by atoms with van der Waals surface area (Å²) in [5, 5.41) is 12.2. The highest BCUT2D eigenvalue weighted by Gasteiger charge is 2.22. The van der Waals surface area contributed by atoms with Crippen molar-refractivity contribution in [3.63, 3.8) is 0 Å². The van der Waals surface area contributed by atoms with Crippen LogP contribution < -0.4 is 9.64 Å². The van der Waals surface area contributed by atoms with Crippen LogP contribution in [0.25, 0.3) is 21.9 Å². The Bertz CT molecular complexity index is 1050. The molecule has 178 valence electrons. The van der Waals surface area contributed by atoms with Gasteiger partial charge in [-0.3, -0.25) is 0 Å². The van der Waals surface area contributed by atoms with Crippen LogP contribution in [-0.2, 0) is 4.74 Å². The van der Waals surface area contributed by atoms with E-state index < -0.39 is 5.60 Å². The lowest BCUT2D eigenvalue weighted by Crippen LogP contribution is -2.30. The quantitative estimate of drug-likeness (QED) is 0.372. The minimum Gasteiger partial charge on any atom is -0.486 e. The Labute approximate surface area is 200 Å². The van der Waals surface area contributed by atoms with E-state index in [-0.39, 0.29) is 0 Å². The van der Waals surface area contributed by atoms with Crippen molar-refractivity contribution < 1.29 is 9.47 Å². The maximum absolute atomic E-state index is 9.88. The van der Waals surface area contributed by atoms with Crippen molar-refractivity contribution >= 4 is 16.5 Å². The number of ether oxygens (including phenoxy) is 2. The summed E-state index contributed by atoms with van der Waals surface area (Å²) in [6, 6.07) is 20.8. The molecule has 3 rings (SSSR count). The molecule has 0 bridgehead atoms. The first kappa shape index (κ1) is 28.0. The van der Waals surface area contributed by atoms with Gasteiger partial charge in [-0.25, -0.2) is 0 Å². The number of hydrogen-bond acceptors (Lipinski definition) is 4. The van der Waals surface area contributed by atoms with Gasteiger partial charge in [0.1, 0.15) is 23.0 Å². The van der Waals surface area contributed by atoms with Crippen molar-refractivity contribution in [2.75, 3.05) is 32.7 Å². The summed E-state index contributed by atoms with van der Waals surface area (Å²) in [6.07, 6.45) is 0.739. The van der Waals surface area contributed by atoms with E-state index >= 15 is 0 Å². The topological polar surface area (TPSA) is 45.5 Å². The smallest absolute Gasteiger partial charge is 0.138 e. The van der Waals surface area contributed by atoms with Gasteiger partial charge in [0.15, 0.2) is 0 Å². The number of nitriles is 1. The predicted molar refractivity (Wildman–Crippen MR) is 142 cm³/mol. The van der Waals surface area contributed by atoms with Crippen LogP contribution in [0.15, 0.2) is 54.6 Å². The molecule has 3 aromatic carbocycles. The number of hydrogen-bond donors (Lipinski definition) is 0. The van der Waals surface area contributed by atoms with Gasteiger partial charge in [0, 0.05) is 45.5 Å². The zero-order valence-corrected chi connectivity index (χ0v) is 21.8. The molecule has 0 fully saturated rings. The van der Waals surface area contributed by atoms with Crippen molar-refractivity contribution in [3.8, 4) is 22.9 Å². The van der Waals surface area contributed by atoms with Gasteiger partial charge in [-0.05, 0) is 54.4 Å². The maximum atomic E-state index is 9.88. The molecule has 0 amide bonds. The summed E-state index contributed by atoms with van der Waals surface area (Å²) in [7, 11) is 5.75. The molecular weight excluding hydrogens is 408 g/mol. The number of rotatable bonds is 7. The number of nitrogens with zero attached hydrogens (tertiary/aromatic N) is 2. The summed E-state index contributed by atoms with van der Waals surface area (Å²) in [5.41, 5.74) is 3.18. The second kappa shape index (κ2) is 13.5. The Kier molecular flexibility index (Phi) is 11.5. The second-order valence-corrected chi connectivity index (χ2v) is 8.04. The number of methoxy groups -OCH3 is 1. The fraction of sp³-hybridized carbons (Fsp3) is 0.414. The van der Waals surface area contributed by atoms with Gasteiger partial charge in [0.25, 0.3) is 0 Å². The molecule has 0 saturated heterocycles. The van der Waals surface area contributed by atoms with Crippen LogP contribution in [0.2, 0.25) is 0 Å². The van der Waals surface area contributed by atoms with Crippen molar-refractivity contribution in [2.24, 2.45) is 0 Å². The SMILES string of the molecule is CC.CC.COCCC(C)(C)Oc1cccc(-c2ccc3cc(N(C)C)ccc3c2)c1C#N. The summed E-state index contributed by atoms with van der Waals surface area (Å²) in [5.74, 6) is 0.606. The third-order valence-corrected chi connectivity index (χ3v) is 5.08. The fourth-order valence-corrected chi connectivity index (χ4v) is 3.35. The first-order valence-corrected chi connectivity index (χ1v) is 11.8. The Hall–Kier alpha value is -3.03. The minimum absolute atomic E-state index is 0.424. The molecule has 0 saturated carbocycles. The Morgan fingerprint density at radius 2 is 1.55 bits per heavy atom. The van der Waals surface area contributed by atoms with Crippen molar-refractivity contribution in [1.29, 1.82) is 5.26 Å². The highest BCUT2D eigenvalue weighted by Crippen LogP contribution is 2.34. The molecule has 0 aliphatic carbocycles. The van der Waals surface area contributed by atoms with Gasteiger partial charge in [-0.1, -0.05) is 58.0 Å². The first-order chi connectivity index (χ1) is 15.8. The van der Waals surface area contributed by atoms with E-state index in [1.807, 2.05) is 73.8 Å². The molecule has 3 aromatic rings. The Morgan fingerprint density at radius 1 is 0.909 bits per heavy atom. The molecule has 0 spiro atoms. The van der Waals surface area contributed by atoms with Crippen LogP contribution in [0.3, 0.4) is 0 Å². The zero-order chi connectivity index (χ0) is 25.0. The standard InChI is InChI=1S/C25H28N2O2.2C2H6/c1-25(2,13-14-28-5)29-24-8-6-7-22(23(24)17-26)20-10-9-19-16-21(27(3)4)12-11-18(19)15-20;2*1-2/h6-12,15-16H,13-14H2,1-5H3;2*1-2H3. The van der Waals surface area contributed by atoms with Crippen LogP contribution in [-0.4, -0.2) is 33.4 Å². The van der Waals surface area contributed by atoms with Crippen LogP contribution >= 0.6 is 0 Å². The lowest BCUT2D eigenvalue weighted by atomic mass is 9.96. The molecular formula is C29H40N2O2. The number of fused-ring (bicyclic) bond motifs is 1. The average Bonchev–Trinajstić information content (AvgIpc) is 2.84. The van der Waals surface area contributed by atoms with Gasteiger partial charge < -0.3 is 14.4 Å². The highest BCUT2D eigenvalue weighted by atomic mass is 16.5. The fourth-order valence-electron chi connectivity index (χ4n) is 3.35. The van der Waals surface area contributed by atoms with E-state index in [1.165, 1.54) is 5.39 Å². The van der Waals surface area contributed by atoms with Crippen LogP contribution in [0, 0.1) is 11.3 Å². The largest absolute Gasteiger partial charge is 0.486 e. The molecule has 0 heterocycles. The van der Waals surface area contributed by atoms with Crippen LogP contribution in [0.5, 0.6) is 5.75 Å². The molecule has 0 atom stereocenters. The van der Waals surface area contributed by atoms with E-state index in [2.05, 4.69) is 47.4 Å². The summed E-state index contributed by atoms with van der Waals surface area (Å²) < 4.78 is 11.4. The normalized spacial score (nSPS) is 10.3. The number of benzene rings is 3. The van der Waals surface area contributed by atoms with Gasteiger partial charge in [0.05, 0.1) is 0 Å². The Balaban J connectivity index is 0.00000129. The first-order valence-electron chi connectivity index (χ1n) is 11.8. The van der Waals surface area contributed by atoms with E-state index in [4.69, 9.17) is 9.47 Å². The third-order valence-electron chi connectivity index (χ3n) is 5.08. The third kappa shape index (κ3) is 7.51. The summed E-state index contributed by atoms with van der Waals surface area (Å²) >= 11 is 0. The lowest BCUT2D eigenvalue weighted by molar-refractivity contribution is 0.0628. The predicted octanol–water partition coefficient (Wildman–Crippen LogP) is 7.69. The van der Waals surface area contributed by atoms with Gasteiger partial charge in [-0.2, -0.15) is 5.26 Å². The van der Waals surface area contributed by atoms with E-state index in [1.54, 1.807) is 7.11 Å². The molecule has 0 aliphatic rings. The van der Waals surface area contributed by atoms with Crippen molar-refractivity contribution in [3.05, 3.63) is 60.2 Å². The van der Waals surface area contributed by atoms with Crippen LogP contribution in [0.1, 0.15) is 53.5 Å². The second-order valence-electron chi connectivity index (χ2n) is 8.04. The monoisotopic (exact) mass is 448 g/mol. The van der Waals surface area contributed by atoms with Crippen LogP contribution in [0.4, 0.5) is 5.69 Å². The van der Waals surface area contributed by atoms with E-state index in [0.717, 1.165) is 28.6 Å². The molecule has 33 heavy (non-hydrogen) atoms. The Morgan fingerprint density at radius 3 is 2.15 bits per heavy atom. The number of anilines is 1. The van der Waals surface area contributed by atoms with E-state index in [9.17, 15) is 5.26 Å². The molecule has 0 aliphatic heterocycles. The van der Waals surface area contributed by atoms with Gasteiger partial charge in [-0.15, -0.1) is 0 Å². The molecule has 0 aromatic heterocycles. The zero-order valence-electron chi connectivity index (χ0n) is 21.8. The highest BCUT2D eigenvalue weighted by molar-refractivity contribution is 5.90. The summed E-state index contributed by atoms with van der Waals surface area (Å²) in [6.45, 7) is 12.6. The molecule has 0 unspecified atom stereocenters. The molecule has 4 nitrogen and oxygen atoms in total. The van der Waals surface area contributed by atoms with Gasteiger partial charge >= 0.3 is 0 Å².